The van der Waals surface area contributed by atoms with Crippen molar-refractivity contribution < 1.29 is 22.4 Å². The smallest absolute Gasteiger partial charge is 0.177 e. The molecule has 1 aromatic carbocycles. The van der Waals surface area contributed by atoms with E-state index in [1.165, 1.54) is 0 Å². The Hall–Kier alpha value is -2.68. The normalized spacial score (nSPS) is 24.4. The average Bonchev–Trinajstić information content (AvgIpc) is 3.22. The maximum absolute atomic E-state index is 14.4. The van der Waals surface area contributed by atoms with Crippen LogP contribution in [0.15, 0.2) is 29.6 Å². The molecule has 1 saturated heterocycles. The van der Waals surface area contributed by atoms with E-state index in [2.05, 4.69) is 10.1 Å². The standard InChI is InChI=1S/C19H18F4N4O/c1-9-2-11(18-12(21)3-10(20)4-13(18)22)19(25-6-9)16-5-17(26-28-16)27-7-14(23)15(24)8-27/h2-4,6,14-16H,5,7-8,24H2,1H3/t14-,15+,16-/m0/s1. The molecule has 5 nitrogen and oxygen atoms in total. The van der Waals surface area contributed by atoms with Gasteiger partial charge in [-0.05, 0) is 18.6 Å². The monoisotopic (exact) mass is 394 g/mol. The molecule has 0 bridgehead atoms. The molecule has 0 radical (unpaired) electrons. The second kappa shape index (κ2) is 7.05. The van der Waals surface area contributed by atoms with Crippen LogP contribution in [-0.4, -0.2) is 41.0 Å². The zero-order valence-electron chi connectivity index (χ0n) is 15.0. The van der Waals surface area contributed by atoms with Crippen molar-refractivity contribution in [1.82, 2.24) is 9.88 Å². The number of aromatic nitrogens is 1. The summed E-state index contributed by atoms with van der Waals surface area (Å²) in [6.07, 6.45) is -0.0583. The summed E-state index contributed by atoms with van der Waals surface area (Å²) < 4.78 is 55.7. The Kier molecular flexibility index (Phi) is 4.70. The van der Waals surface area contributed by atoms with Crippen molar-refractivity contribution in [3.63, 3.8) is 0 Å². The summed E-state index contributed by atoms with van der Waals surface area (Å²) in [6, 6.07) is 2.20. The largest absolute Gasteiger partial charge is 0.384 e. The molecule has 3 heterocycles. The summed E-state index contributed by atoms with van der Waals surface area (Å²) in [5, 5.41) is 3.99. The van der Waals surface area contributed by atoms with E-state index in [-0.39, 0.29) is 29.8 Å². The van der Waals surface area contributed by atoms with Crippen LogP contribution >= 0.6 is 0 Å². The molecule has 2 aliphatic heterocycles. The number of pyridine rings is 1. The Morgan fingerprint density at radius 1 is 1.14 bits per heavy atom. The van der Waals surface area contributed by atoms with E-state index in [4.69, 9.17) is 10.6 Å². The first kappa shape index (κ1) is 18.7. The number of hydrogen-bond donors (Lipinski definition) is 1. The van der Waals surface area contributed by atoms with E-state index in [1.54, 1.807) is 24.1 Å². The molecule has 3 atom stereocenters. The number of alkyl halides is 1. The molecule has 9 heteroatoms. The molecule has 0 unspecified atom stereocenters. The second-order valence-electron chi connectivity index (χ2n) is 7.08. The lowest BCUT2D eigenvalue weighted by atomic mass is 9.97. The highest BCUT2D eigenvalue weighted by atomic mass is 19.1. The lowest BCUT2D eigenvalue weighted by Gasteiger charge is -2.17. The van der Waals surface area contributed by atoms with E-state index in [0.29, 0.717) is 30.1 Å². The van der Waals surface area contributed by atoms with Crippen LogP contribution < -0.4 is 5.73 Å². The van der Waals surface area contributed by atoms with Crippen molar-refractivity contribution in [2.75, 3.05) is 13.1 Å². The third kappa shape index (κ3) is 3.30. The number of amidine groups is 1. The SMILES string of the molecule is Cc1cnc([C@@H]2CC(N3C[C@@H](N)[C@@H](F)C3)=NO2)c(-c2c(F)cc(F)cc2F)c1. The minimum atomic E-state index is -1.16. The predicted octanol–water partition coefficient (Wildman–Crippen LogP) is 3.23. The summed E-state index contributed by atoms with van der Waals surface area (Å²) in [4.78, 5) is 11.4. The van der Waals surface area contributed by atoms with Gasteiger partial charge in [-0.25, -0.2) is 17.6 Å². The maximum Gasteiger partial charge on any atom is 0.177 e. The van der Waals surface area contributed by atoms with Crippen LogP contribution in [0.1, 0.15) is 23.8 Å². The van der Waals surface area contributed by atoms with Gasteiger partial charge >= 0.3 is 0 Å². The van der Waals surface area contributed by atoms with Crippen LogP contribution in [0.5, 0.6) is 0 Å². The molecule has 2 N–H and O–H groups in total. The average molecular weight is 394 g/mol. The highest BCUT2D eigenvalue weighted by Gasteiger charge is 2.37. The lowest BCUT2D eigenvalue weighted by Crippen LogP contribution is -2.32. The zero-order valence-corrected chi connectivity index (χ0v) is 15.0. The molecule has 28 heavy (non-hydrogen) atoms. The molecule has 0 amide bonds. The predicted molar refractivity (Wildman–Crippen MR) is 94.6 cm³/mol. The van der Waals surface area contributed by atoms with Crippen molar-refractivity contribution in [2.24, 2.45) is 10.9 Å². The Morgan fingerprint density at radius 3 is 2.50 bits per heavy atom. The quantitative estimate of drug-likeness (QED) is 0.795. The molecule has 2 aromatic rings. The first-order valence-electron chi connectivity index (χ1n) is 8.82. The minimum absolute atomic E-state index is 0.117. The molecule has 0 saturated carbocycles. The Labute approximate surface area is 158 Å². The van der Waals surface area contributed by atoms with Crippen LogP contribution in [0.2, 0.25) is 0 Å². The van der Waals surface area contributed by atoms with Gasteiger partial charge in [0.1, 0.15) is 29.5 Å². The van der Waals surface area contributed by atoms with Crippen molar-refractivity contribution in [3.8, 4) is 11.1 Å². The van der Waals surface area contributed by atoms with Gasteiger partial charge in [0, 0.05) is 30.4 Å². The molecule has 1 aromatic heterocycles. The molecule has 0 aliphatic carbocycles. The summed E-state index contributed by atoms with van der Waals surface area (Å²) >= 11 is 0. The van der Waals surface area contributed by atoms with Gasteiger partial charge < -0.3 is 15.5 Å². The minimum Gasteiger partial charge on any atom is -0.384 e. The number of hydrogen-bond acceptors (Lipinski definition) is 5. The van der Waals surface area contributed by atoms with E-state index in [0.717, 1.165) is 0 Å². The molecular formula is C19H18F4N4O. The third-order valence-corrected chi connectivity index (χ3v) is 4.95. The van der Waals surface area contributed by atoms with Crippen LogP contribution in [0.25, 0.3) is 11.1 Å². The van der Waals surface area contributed by atoms with Gasteiger partial charge in [0.15, 0.2) is 6.10 Å². The second-order valence-corrected chi connectivity index (χ2v) is 7.08. The number of oxime groups is 1. The summed E-state index contributed by atoms with van der Waals surface area (Å²) in [6.45, 7) is 2.15. The lowest BCUT2D eigenvalue weighted by molar-refractivity contribution is 0.0828. The van der Waals surface area contributed by atoms with Gasteiger partial charge in [-0.15, -0.1) is 0 Å². The first-order valence-corrected chi connectivity index (χ1v) is 8.82. The Morgan fingerprint density at radius 2 is 1.86 bits per heavy atom. The van der Waals surface area contributed by atoms with Crippen molar-refractivity contribution in [2.45, 2.75) is 31.7 Å². The summed E-state index contributed by atoms with van der Waals surface area (Å²) in [5.74, 6) is -2.56. The third-order valence-electron chi connectivity index (χ3n) is 4.95. The van der Waals surface area contributed by atoms with Crippen LogP contribution in [0.4, 0.5) is 17.6 Å². The number of likely N-dealkylation sites (tertiary alicyclic amines) is 1. The topological polar surface area (TPSA) is 63.7 Å². The van der Waals surface area contributed by atoms with E-state index in [1.807, 2.05) is 0 Å². The van der Waals surface area contributed by atoms with Gasteiger partial charge in [-0.1, -0.05) is 5.16 Å². The van der Waals surface area contributed by atoms with Gasteiger partial charge in [0.05, 0.1) is 30.3 Å². The van der Waals surface area contributed by atoms with Crippen molar-refractivity contribution in [3.05, 3.63) is 53.1 Å². The number of halogens is 4. The Bertz CT molecular complexity index is 919. The fourth-order valence-corrected chi connectivity index (χ4v) is 3.53. The maximum atomic E-state index is 14.4. The van der Waals surface area contributed by atoms with Gasteiger partial charge in [-0.2, -0.15) is 0 Å². The molecular weight excluding hydrogens is 376 g/mol. The first-order chi connectivity index (χ1) is 13.3. The van der Waals surface area contributed by atoms with E-state index < -0.39 is 35.8 Å². The van der Waals surface area contributed by atoms with Crippen LogP contribution in [0, 0.1) is 24.4 Å². The van der Waals surface area contributed by atoms with E-state index in [9.17, 15) is 17.6 Å². The molecule has 148 valence electrons. The Balaban J connectivity index is 1.66. The molecule has 1 fully saturated rings. The van der Waals surface area contributed by atoms with Gasteiger partial charge in [0.2, 0.25) is 0 Å². The number of nitrogens with zero attached hydrogens (tertiary/aromatic N) is 3. The van der Waals surface area contributed by atoms with Crippen LogP contribution in [-0.2, 0) is 4.84 Å². The number of nitrogens with two attached hydrogens (primary N) is 1. The number of aryl methyl sites for hydroxylation is 1. The fraction of sp³-hybridized carbons (Fsp3) is 0.368. The highest BCUT2D eigenvalue weighted by molar-refractivity contribution is 5.84. The van der Waals surface area contributed by atoms with E-state index >= 15 is 0 Å². The summed E-state index contributed by atoms with van der Waals surface area (Å²) in [5.41, 5.74) is 6.44. The fourth-order valence-electron chi connectivity index (χ4n) is 3.53. The van der Waals surface area contributed by atoms with Gasteiger partial charge in [-0.3, -0.25) is 4.98 Å². The van der Waals surface area contributed by atoms with Gasteiger partial charge in [0.25, 0.3) is 0 Å². The molecule has 4 rings (SSSR count). The van der Waals surface area contributed by atoms with Crippen LogP contribution in [0.3, 0.4) is 0 Å². The highest BCUT2D eigenvalue weighted by Crippen LogP contribution is 2.37. The zero-order chi connectivity index (χ0) is 20.0. The molecule has 2 aliphatic rings. The number of benzene rings is 1. The summed E-state index contributed by atoms with van der Waals surface area (Å²) in [7, 11) is 0. The van der Waals surface area contributed by atoms with Crippen molar-refractivity contribution >= 4 is 5.84 Å². The van der Waals surface area contributed by atoms with Crippen molar-refractivity contribution in [1.29, 1.82) is 0 Å². The molecule has 0 spiro atoms. The number of rotatable bonds is 2.